The largest absolute Gasteiger partial charge is 1.00 e. The van der Waals surface area contributed by atoms with Gasteiger partial charge in [-0.1, -0.05) is 17.7 Å². The maximum absolute atomic E-state index is 10.2. The molecule has 1 fully saturated rings. The highest BCUT2D eigenvalue weighted by Gasteiger charge is 2.19. The smallest absolute Gasteiger partial charge is 0.122 e. The van der Waals surface area contributed by atoms with Crippen molar-refractivity contribution in [3.63, 3.8) is 0 Å². The number of piperazine rings is 1. The number of aliphatic hydroxyl groups excluding tert-OH is 2. The summed E-state index contributed by atoms with van der Waals surface area (Å²) in [5, 5.41) is 19.1. The lowest BCUT2D eigenvalue weighted by atomic mass is 10.1. The van der Waals surface area contributed by atoms with Crippen LogP contribution in [0.25, 0.3) is 0 Å². The Kier molecular flexibility index (Phi) is 11.6. The van der Waals surface area contributed by atoms with Gasteiger partial charge >= 0.3 is 0 Å². The van der Waals surface area contributed by atoms with Gasteiger partial charge in [0.1, 0.15) is 18.5 Å². The van der Waals surface area contributed by atoms with Crippen molar-refractivity contribution in [3.05, 3.63) is 29.3 Å². The van der Waals surface area contributed by atoms with Gasteiger partial charge in [0.25, 0.3) is 0 Å². The summed E-state index contributed by atoms with van der Waals surface area (Å²) in [6.07, 6.45) is -0.481. The summed E-state index contributed by atoms with van der Waals surface area (Å²) in [5.41, 5.74) is 2.32. The van der Waals surface area contributed by atoms with Gasteiger partial charge in [-0.15, -0.1) is 0 Å². The molecule has 0 bridgehead atoms. The van der Waals surface area contributed by atoms with E-state index in [1.165, 1.54) is 5.56 Å². The van der Waals surface area contributed by atoms with Crippen LogP contribution in [0.4, 0.5) is 0 Å². The van der Waals surface area contributed by atoms with Gasteiger partial charge in [-0.25, -0.2) is 0 Å². The molecule has 1 aliphatic rings. The van der Waals surface area contributed by atoms with E-state index < -0.39 is 6.10 Å². The van der Waals surface area contributed by atoms with Crippen LogP contribution in [0.1, 0.15) is 11.1 Å². The zero-order valence-electron chi connectivity index (χ0n) is 14.4. The lowest BCUT2D eigenvalue weighted by molar-refractivity contribution is -0.001000. The molecule has 2 N–H and O–H groups in total. The predicted molar refractivity (Wildman–Crippen MR) is 87.4 cm³/mol. The Hall–Kier alpha value is -0.560. The Morgan fingerprint density at radius 3 is 2.29 bits per heavy atom. The Labute approximate surface area is 157 Å². The van der Waals surface area contributed by atoms with Crippen LogP contribution >= 0.6 is 0 Å². The molecule has 0 spiro atoms. The van der Waals surface area contributed by atoms with Gasteiger partial charge in [0, 0.05) is 39.3 Å². The highest BCUT2D eigenvalue weighted by Crippen LogP contribution is 2.18. The highest BCUT2D eigenvalue weighted by molar-refractivity contribution is 5.35. The summed E-state index contributed by atoms with van der Waals surface area (Å²) in [7, 11) is 0. The van der Waals surface area contributed by atoms with E-state index in [-0.39, 0.29) is 31.4 Å². The lowest BCUT2D eigenvalue weighted by Crippen LogP contribution is -3.00. The lowest BCUT2D eigenvalue weighted by Gasteiger charge is -2.35. The molecule has 1 unspecified atom stereocenters. The molecule has 0 aromatic heterocycles. The maximum atomic E-state index is 10.2. The minimum atomic E-state index is -0.481. The van der Waals surface area contributed by atoms with Crippen LogP contribution in [-0.4, -0.2) is 78.6 Å². The van der Waals surface area contributed by atoms with E-state index in [1.54, 1.807) is 0 Å². The van der Waals surface area contributed by atoms with Crippen molar-refractivity contribution in [2.45, 2.75) is 20.0 Å². The van der Waals surface area contributed by atoms with Gasteiger partial charge in [-0.3, -0.25) is 9.80 Å². The van der Waals surface area contributed by atoms with Gasteiger partial charge in [-0.05, 0) is 25.5 Å². The number of benzene rings is 1. The first-order valence-electron chi connectivity index (χ1n) is 8.02. The molecule has 2 rings (SSSR count). The van der Waals surface area contributed by atoms with Gasteiger partial charge < -0.3 is 39.8 Å². The predicted octanol–water partition coefficient (Wildman–Crippen LogP) is -5.34. The summed E-state index contributed by atoms with van der Waals surface area (Å²) >= 11 is 0. The molecule has 1 aromatic rings. The molecular formula is C17H28Cl2N2O3-2. The summed E-state index contributed by atoms with van der Waals surface area (Å²) in [6.45, 7) is 9.76. The Morgan fingerprint density at radius 2 is 1.71 bits per heavy atom. The number of rotatable bonds is 7. The molecule has 1 heterocycles. The number of hydrogen-bond donors (Lipinski definition) is 2. The Balaban J connectivity index is 0.00000264. The van der Waals surface area contributed by atoms with Crippen molar-refractivity contribution in [2.75, 3.05) is 52.5 Å². The van der Waals surface area contributed by atoms with E-state index in [1.807, 2.05) is 19.1 Å². The molecule has 1 saturated heterocycles. The molecule has 24 heavy (non-hydrogen) atoms. The maximum Gasteiger partial charge on any atom is 0.122 e. The van der Waals surface area contributed by atoms with Crippen LogP contribution in [0.5, 0.6) is 5.75 Å². The molecule has 0 saturated carbocycles. The van der Waals surface area contributed by atoms with Crippen LogP contribution in [0.3, 0.4) is 0 Å². The van der Waals surface area contributed by atoms with Gasteiger partial charge in [0.2, 0.25) is 0 Å². The number of hydrogen-bond acceptors (Lipinski definition) is 5. The average Bonchev–Trinajstić information content (AvgIpc) is 2.49. The van der Waals surface area contributed by atoms with Crippen LogP contribution in [0.15, 0.2) is 18.2 Å². The number of halogens is 2. The standard InChI is InChI=1S/C17H28N2O3.2ClH/c1-14-3-4-17(15(2)11-14)22-13-16(21)12-19-7-5-18(6-8-19)9-10-20;;/h3-4,11,16,20-21H,5-10,12-13H2,1-2H3;2*1H/p-2. The molecule has 7 heteroatoms. The second-order valence-corrected chi connectivity index (χ2v) is 6.10. The van der Waals surface area contributed by atoms with Crippen molar-refractivity contribution in [1.29, 1.82) is 0 Å². The van der Waals surface area contributed by atoms with Crippen LogP contribution in [0.2, 0.25) is 0 Å². The fourth-order valence-electron chi connectivity index (χ4n) is 2.83. The number of ether oxygens (including phenoxy) is 1. The van der Waals surface area contributed by atoms with E-state index in [2.05, 4.69) is 22.8 Å². The first-order chi connectivity index (χ1) is 10.6. The zero-order valence-corrected chi connectivity index (χ0v) is 15.9. The SMILES string of the molecule is Cc1ccc(OCC(O)CN2CCN(CCO)CC2)c(C)c1.[Cl-].[Cl-]. The second-order valence-electron chi connectivity index (χ2n) is 6.10. The molecule has 0 radical (unpaired) electrons. The van der Waals surface area contributed by atoms with Crippen molar-refractivity contribution in [3.8, 4) is 5.75 Å². The van der Waals surface area contributed by atoms with Crippen molar-refractivity contribution >= 4 is 0 Å². The highest BCUT2D eigenvalue weighted by atomic mass is 35.5. The van der Waals surface area contributed by atoms with Crippen LogP contribution < -0.4 is 29.6 Å². The van der Waals surface area contributed by atoms with E-state index in [9.17, 15) is 5.11 Å². The summed E-state index contributed by atoms with van der Waals surface area (Å²) in [4.78, 5) is 4.50. The van der Waals surface area contributed by atoms with Crippen LogP contribution in [-0.2, 0) is 0 Å². The monoisotopic (exact) mass is 378 g/mol. The average molecular weight is 379 g/mol. The summed E-state index contributed by atoms with van der Waals surface area (Å²) in [5.74, 6) is 0.845. The number of aliphatic hydroxyl groups is 2. The van der Waals surface area contributed by atoms with E-state index in [0.717, 1.165) is 44.0 Å². The van der Waals surface area contributed by atoms with Gasteiger partial charge in [0.05, 0.1) is 6.61 Å². The fraction of sp³-hybridized carbons (Fsp3) is 0.647. The second kappa shape index (κ2) is 11.9. The van der Waals surface area contributed by atoms with Gasteiger partial charge in [0.15, 0.2) is 0 Å². The molecule has 0 aliphatic carbocycles. The van der Waals surface area contributed by atoms with E-state index in [4.69, 9.17) is 9.84 Å². The normalized spacial score (nSPS) is 16.8. The van der Waals surface area contributed by atoms with Gasteiger partial charge in [-0.2, -0.15) is 0 Å². The third-order valence-electron chi connectivity index (χ3n) is 4.11. The van der Waals surface area contributed by atoms with Crippen LogP contribution in [0, 0.1) is 13.8 Å². The third-order valence-corrected chi connectivity index (χ3v) is 4.11. The first kappa shape index (κ1) is 23.4. The number of aryl methyl sites for hydroxylation is 2. The minimum Gasteiger partial charge on any atom is -1.00 e. The number of nitrogens with zero attached hydrogens (tertiary/aromatic N) is 2. The Morgan fingerprint density at radius 1 is 1.08 bits per heavy atom. The Bertz CT molecular complexity index is 469. The molecule has 1 aromatic carbocycles. The summed E-state index contributed by atoms with van der Waals surface area (Å²) in [6, 6.07) is 6.07. The van der Waals surface area contributed by atoms with Crippen molar-refractivity contribution < 1.29 is 39.8 Å². The molecule has 0 amide bonds. The molecular weight excluding hydrogens is 351 g/mol. The molecule has 140 valence electrons. The van der Waals surface area contributed by atoms with Crippen molar-refractivity contribution in [1.82, 2.24) is 9.80 Å². The quantitative estimate of drug-likeness (QED) is 0.496. The van der Waals surface area contributed by atoms with E-state index in [0.29, 0.717) is 13.2 Å². The molecule has 1 atom stereocenters. The number of β-amino-alcohol motifs (C(OH)–C–C–N with tert-alkyl or cyclic N) is 2. The molecule has 1 aliphatic heterocycles. The molecule has 5 nitrogen and oxygen atoms in total. The van der Waals surface area contributed by atoms with E-state index >= 15 is 0 Å². The summed E-state index contributed by atoms with van der Waals surface area (Å²) < 4.78 is 5.73. The first-order valence-corrected chi connectivity index (χ1v) is 8.02. The fourth-order valence-corrected chi connectivity index (χ4v) is 2.83. The minimum absolute atomic E-state index is 0. The zero-order chi connectivity index (χ0) is 15.9. The van der Waals surface area contributed by atoms with Crippen molar-refractivity contribution in [2.24, 2.45) is 0 Å². The third kappa shape index (κ3) is 7.55. The topological polar surface area (TPSA) is 56.2 Å².